The fraction of sp³-hybridized carbons (Fsp3) is 0.300. The van der Waals surface area contributed by atoms with Gasteiger partial charge in [-0.3, -0.25) is 4.98 Å². The first-order valence-electron chi connectivity index (χ1n) is 4.64. The summed E-state index contributed by atoms with van der Waals surface area (Å²) >= 11 is 0. The predicted octanol–water partition coefficient (Wildman–Crippen LogP) is 2.69. The zero-order valence-electron chi connectivity index (χ0n) is 8.59. The number of azide groups is 1. The summed E-state index contributed by atoms with van der Waals surface area (Å²) in [5.74, 6) is 0. The van der Waals surface area contributed by atoms with Crippen LogP contribution in [0.1, 0.15) is 17.7 Å². The predicted molar refractivity (Wildman–Crippen MR) is 61.1 cm³/mol. The molecule has 0 aromatic carbocycles. The van der Waals surface area contributed by atoms with Crippen molar-refractivity contribution in [3.8, 4) is 0 Å². The van der Waals surface area contributed by atoms with E-state index in [1.54, 1.807) is 6.20 Å². The second-order valence-corrected chi connectivity index (χ2v) is 3.07. The summed E-state index contributed by atoms with van der Waals surface area (Å²) < 4.78 is 0. The van der Waals surface area contributed by atoms with Crippen LogP contribution in [0.5, 0.6) is 0 Å². The highest BCUT2D eigenvalue weighted by molar-refractivity contribution is 5.63. The molecule has 15 heavy (non-hydrogen) atoms. The van der Waals surface area contributed by atoms with Crippen molar-refractivity contribution in [1.29, 1.82) is 0 Å². The molecule has 0 unspecified atom stereocenters. The third-order valence-electron chi connectivity index (χ3n) is 1.97. The third kappa shape index (κ3) is 3.32. The number of aryl methyl sites for hydroxylation is 1. The molecule has 0 aliphatic carbocycles. The van der Waals surface area contributed by atoms with Gasteiger partial charge in [-0.05, 0) is 36.6 Å². The summed E-state index contributed by atoms with van der Waals surface area (Å²) in [5.41, 5.74) is 16.4. The molecular weight excluding hydrogens is 190 g/mol. The molecule has 78 valence electrons. The molecule has 0 atom stereocenters. The van der Waals surface area contributed by atoms with Crippen molar-refractivity contribution in [3.63, 3.8) is 0 Å². The molecule has 0 fully saturated rings. The zero-order valence-corrected chi connectivity index (χ0v) is 8.59. The Morgan fingerprint density at radius 3 is 3.20 bits per heavy atom. The molecule has 0 aliphatic rings. The molecule has 5 nitrogen and oxygen atoms in total. The lowest BCUT2D eigenvalue weighted by Gasteiger charge is -2.01. The minimum absolute atomic E-state index is 0.457. The maximum absolute atomic E-state index is 8.07. The first kappa shape index (κ1) is 11.1. The quantitative estimate of drug-likeness (QED) is 0.353. The fourth-order valence-electron chi connectivity index (χ4n) is 1.10. The monoisotopic (exact) mass is 203 g/mol. The molecule has 1 rings (SSSR count). The molecule has 0 saturated carbocycles. The lowest BCUT2D eigenvalue weighted by Crippen LogP contribution is -1.95. The molecule has 0 bridgehead atoms. The van der Waals surface area contributed by atoms with E-state index in [4.69, 9.17) is 11.3 Å². The highest BCUT2D eigenvalue weighted by Crippen LogP contribution is 2.14. The minimum atomic E-state index is 0.457. The van der Waals surface area contributed by atoms with E-state index in [2.05, 4.69) is 15.0 Å². The molecule has 0 saturated heterocycles. The zero-order chi connectivity index (χ0) is 11.1. The highest BCUT2D eigenvalue weighted by atomic mass is 15.1. The number of aromatic nitrogens is 1. The van der Waals surface area contributed by atoms with Gasteiger partial charge in [-0.1, -0.05) is 11.2 Å². The van der Waals surface area contributed by atoms with Crippen LogP contribution in [0.4, 0.5) is 5.69 Å². The molecule has 1 heterocycles. The third-order valence-corrected chi connectivity index (χ3v) is 1.97. The van der Waals surface area contributed by atoms with Gasteiger partial charge in [0.25, 0.3) is 0 Å². The molecule has 0 amide bonds. The van der Waals surface area contributed by atoms with Gasteiger partial charge in [0.05, 0.1) is 11.4 Å². The van der Waals surface area contributed by atoms with Crippen LogP contribution >= 0.6 is 0 Å². The van der Waals surface area contributed by atoms with Gasteiger partial charge in [-0.15, -0.1) is 0 Å². The average Bonchev–Trinajstić information content (AvgIpc) is 2.24. The van der Waals surface area contributed by atoms with E-state index >= 15 is 0 Å². The van der Waals surface area contributed by atoms with Gasteiger partial charge in [0.1, 0.15) is 0 Å². The first-order valence-corrected chi connectivity index (χ1v) is 4.64. The second-order valence-electron chi connectivity index (χ2n) is 3.07. The Balaban J connectivity index is 2.64. The van der Waals surface area contributed by atoms with Crippen molar-refractivity contribution in [1.82, 2.24) is 4.98 Å². The van der Waals surface area contributed by atoms with Crippen LogP contribution < -0.4 is 5.73 Å². The maximum Gasteiger partial charge on any atom is 0.0858 e. The van der Waals surface area contributed by atoms with E-state index in [1.165, 1.54) is 0 Å². The van der Waals surface area contributed by atoms with E-state index in [0.29, 0.717) is 18.7 Å². The van der Waals surface area contributed by atoms with Crippen molar-refractivity contribution in [2.24, 2.45) is 5.11 Å². The lowest BCUT2D eigenvalue weighted by molar-refractivity contribution is 0.995. The molecule has 0 spiro atoms. The van der Waals surface area contributed by atoms with Gasteiger partial charge in [-0.2, -0.15) is 0 Å². The summed E-state index contributed by atoms with van der Waals surface area (Å²) in [4.78, 5) is 6.80. The smallest absolute Gasteiger partial charge is 0.0858 e. The Hall–Kier alpha value is -2.00. The number of nitrogens with zero attached hydrogens (tertiary/aromatic N) is 4. The Labute approximate surface area is 88.3 Å². The summed E-state index contributed by atoms with van der Waals surface area (Å²) in [6.45, 7) is 2.40. The average molecular weight is 203 g/mol. The molecule has 0 radical (unpaired) electrons. The van der Waals surface area contributed by atoms with Gasteiger partial charge < -0.3 is 5.73 Å². The van der Waals surface area contributed by atoms with Gasteiger partial charge in [0.15, 0.2) is 0 Å². The van der Waals surface area contributed by atoms with Gasteiger partial charge >= 0.3 is 0 Å². The van der Waals surface area contributed by atoms with E-state index < -0.39 is 0 Å². The Morgan fingerprint density at radius 2 is 2.47 bits per heavy atom. The van der Waals surface area contributed by atoms with Crippen LogP contribution in [0.25, 0.3) is 16.5 Å². The van der Waals surface area contributed by atoms with Crippen LogP contribution in [-0.2, 0) is 0 Å². The molecular formula is C10H13N5. The largest absolute Gasteiger partial charge is 0.397 e. The summed E-state index contributed by atoms with van der Waals surface area (Å²) in [7, 11) is 0. The Morgan fingerprint density at radius 1 is 1.67 bits per heavy atom. The molecule has 1 aromatic rings. The van der Waals surface area contributed by atoms with Crippen molar-refractivity contribution in [3.05, 3.63) is 40.0 Å². The highest BCUT2D eigenvalue weighted by Gasteiger charge is 1.97. The van der Waals surface area contributed by atoms with Crippen molar-refractivity contribution in [2.75, 3.05) is 12.3 Å². The fourth-order valence-corrected chi connectivity index (χ4v) is 1.10. The SMILES string of the molecule is Cc1ccnc(C=CCCN=[N+]=[N-])c1N. The molecule has 2 N–H and O–H groups in total. The van der Waals surface area contributed by atoms with Gasteiger partial charge in [0.2, 0.25) is 0 Å². The van der Waals surface area contributed by atoms with Crippen molar-refractivity contribution in [2.45, 2.75) is 13.3 Å². The summed E-state index contributed by atoms with van der Waals surface area (Å²) in [6, 6.07) is 1.87. The van der Waals surface area contributed by atoms with Crippen LogP contribution in [0.15, 0.2) is 23.5 Å². The topological polar surface area (TPSA) is 87.7 Å². The molecule has 0 aliphatic heterocycles. The molecule has 1 aromatic heterocycles. The number of nitrogens with two attached hydrogens (primary N) is 1. The Kier molecular flexibility index (Phi) is 4.19. The lowest BCUT2D eigenvalue weighted by atomic mass is 10.2. The van der Waals surface area contributed by atoms with Crippen molar-refractivity contribution >= 4 is 11.8 Å². The second kappa shape index (κ2) is 5.67. The number of nitrogen functional groups attached to an aromatic ring is 1. The number of pyridine rings is 1. The number of anilines is 1. The summed E-state index contributed by atoms with van der Waals surface area (Å²) in [5, 5.41) is 3.42. The maximum atomic E-state index is 8.07. The van der Waals surface area contributed by atoms with Crippen LogP contribution in [0.3, 0.4) is 0 Å². The van der Waals surface area contributed by atoms with E-state index in [9.17, 15) is 0 Å². The van der Waals surface area contributed by atoms with Gasteiger partial charge in [0, 0.05) is 17.7 Å². The van der Waals surface area contributed by atoms with Crippen LogP contribution in [0, 0.1) is 6.92 Å². The van der Waals surface area contributed by atoms with E-state index in [-0.39, 0.29) is 0 Å². The normalized spacial score (nSPS) is 10.2. The van der Waals surface area contributed by atoms with Crippen LogP contribution in [-0.4, -0.2) is 11.5 Å². The first-order chi connectivity index (χ1) is 7.25. The van der Waals surface area contributed by atoms with Crippen LogP contribution in [0.2, 0.25) is 0 Å². The minimum Gasteiger partial charge on any atom is -0.397 e. The number of rotatable bonds is 4. The van der Waals surface area contributed by atoms with Gasteiger partial charge in [-0.25, -0.2) is 0 Å². The van der Waals surface area contributed by atoms with Crippen molar-refractivity contribution < 1.29 is 0 Å². The molecule has 5 heteroatoms. The standard InChI is InChI=1S/C10H13N5/c1-8-5-7-13-9(10(8)11)4-2-3-6-14-15-12/h2,4-5,7H,3,6,11H2,1H3. The summed E-state index contributed by atoms with van der Waals surface area (Å²) in [6.07, 6.45) is 6.15. The Bertz CT molecular complexity index is 404. The number of hydrogen-bond acceptors (Lipinski definition) is 3. The van der Waals surface area contributed by atoms with E-state index in [1.807, 2.05) is 25.1 Å². The number of hydrogen-bond donors (Lipinski definition) is 1. The van der Waals surface area contributed by atoms with E-state index in [0.717, 1.165) is 11.3 Å².